The van der Waals surface area contributed by atoms with E-state index in [1.54, 1.807) is 35.9 Å². The summed E-state index contributed by atoms with van der Waals surface area (Å²) in [4.78, 5) is 23.7. The number of halogens is 3. The number of hydrogen-bond acceptors (Lipinski definition) is 7. The van der Waals surface area contributed by atoms with Crippen molar-refractivity contribution in [1.29, 1.82) is 0 Å². The summed E-state index contributed by atoms with van der Waals surface area (Å²) >= 11 is 17.7. The summed E-state index contributed by atoms with van der Waals surface area (Å²) in [5.41, 5.74) is 3.54. The number of benzene rings is 4. The molecule has 0 saturated carbocycles. The van der Waals surface area contributed by atoms with E-state index in [1.165, 1.54) is 11.3 Å². The van der Waals surface area contributed by atoms with Gasteiger partial charge in [-0.05, 0) is 66.2 Å². The van der Waals surface area contributed by atoms with Crippen LogP contribution in [0.15, 0.2) is 99.6 Å². The Kier molecular flexibility index (Phi) is 8.17. The highest BCUT2D eigenvalue weighted by Crippen LogP contribution is 2.34. The Bertz CT molecular complexity index is 1960. The Morgan fingerprint density at radius 3 is 2.45 bits per heavy atom. The second-order valence-electron chi connectivity index (χ2n) is 9.25. The third-order valence-corrected chi connectivity index (χ3v) is 8.48. The number of fused-ring (bicyclic) bond motifs is 1. The van der Waals surface area contributed by atoms with Gasteiger partial charge in [-0.15, -0.1) is 11.3 Å². The zero-order chi connectivity index (χ0) is 29.2. The van der Waals surface area contributed by atoms with Crippen LogP contribution in [0.25, 0.3) is 16.0 Å². The van der Waals surface area contributed by atoms with Crippen molar-refractivity contribution < 1.29 is 4.74 Å². The maximum Gasteiger partial charge on any atom is 0.267 e. The SMILES string of the molecule is COc1ccc(Nc2csc(-n3c(Cc4ccccc4Nc4c(Cl)cccc4Cl)nc4ccc(Br)cc4c3=O)n2)cc1. The lowest BCUT2D eigenvalue weighted by Crippen LogP contribution is -2.24. The van der Waals surface area contributed by atoms with Crippen molar-refractivity contribution in [2.45, 2.75) is 6.42 Å². The van der Waals surface area contributed by atoms with Gasteiger partial charge in [0.05, 0.1) is 33.7 Å². The fourth-order valence-electron chi connectivity index (χ4n) is 4.48. The first kappa shape index (κ1) is 28.2. The maximum absolute atomic E-state index is 14.0. The summed E-state index contributed by atoms with van der Waals surface area (Å²) in [7, 11) is 1.63. The molecule has 0 radical (unpaired) electrons. The molecule has 0 saturated heterocycles. The lowest BCUT2D eigenvalue weighted by Gasteiger charge is -2.16. The van der Waals surface area contributed by atoms with E-state index in [-0.39, 0.29) is 5.56 Å². The molecule has 42 heavy (non-hydrogen) atoms. The van der Waals surface area contributed by atoms with Crippen molar-refractivity contribution in [3.05, 3.63) is 127 Å². The number of hydrogen-bond donors (Lipinski definition) is 2. The van der Waals surface area contributed by atoms with E-state index in [0.29, 0.717) is 49.8 Å². The topological polar surface area (TPSA) is 81.1 Å². The van der Waals surface area contributed by atoms with Crippen LogP contribution in [-0.2, 0) is 6.42 Å². The average Bonchev–Trinajstić information content (AvgIpc) is 3.44. The highest BCUT2D eigenvalue weighted by atomic mass is 79.9. The Morgan fingerprint density at radius 2 is 1.69 bits per heavy atom. The number of nitrogens with zero attached hydrogens (tertiary/aromatic N) is 3. The molecule has 6 rings (SSSR count). The van der Waals surface area contributed by atoms with Gasteiger partial charge < -0.3 is 15.4 Å². The van der Waals surface area contributed by atoms with E-state index in [2.05, 4.69) is 26.6 Å². The van der Waals surface area contributed by atoms with Gasteiger partial charge >= 0.3 is 0 Å². The molecule has 0 aliphatic heterocycles. The Morgan fingerprint density at radius 1 is 0.929 bits per heavy atom. The lowest BCUT2D eigenvalue weighted by molar-refractivity contribution is 0.415. The van der Waals surface area contributed by atoms with E-state index in [9.17, 15) is 4.79 Å². The quantitative estimate of drug-likeness (QED) is 0.167. The van der Waals surface area contributed by atoms with Crippen molar-refractivity contribution >= 4 is 84.3 Å². The first-order chi connectivity index (χ1) is 20.4. The van der Waals surface area contributed by atoms with Crippen LogP contribution in [0.2, 0.25) is 10.0 Å². The number of rotatable bonds is 8. The molecule has 2 heterocycles. The highest BCUT2D eigenvalue weighted by molar-refractivity contribution is 9.10. The highest BCUT2D eigenvalue weighted by Gasteiger charge is 2.18. The van der Waals surface area contributed by atoms with Crippen LogP contribution in [0.3, 0.4) is 0 Å². The smallest absolute Gasteiger partial charge is 0.267 e. The summed E-state index contributed by atoms with van der Waals surface area (Å²) in [5, 5.41) is 10.5. The average molecular weight is 679 g/mol. The molecular formula is C31H22BrCl2N5O2S. The van der Waals surface area contributed by atoms with Crippen molar-refractivity contribution in [3.8, 4) is 10.9 Å². The van der Waals surface area contributed by atoms with Gasteiger partial charge in [0, 0.05) is 27.6 Å². The molecule has 11 heteroatoms. The Hall–Kier alpha value is -3.89. The molecule has 0 aliphatic carbocycles. The minimum absolute atomic E-state index is 0.207. The van der Waals surface area contributed by atoms with Crippen LogP contribution < -0.4 is 20.9 Å². The molecule has 0 unspecified atom stereocenters. The molecule has 7 nitrogen and oxygen atoms in total. The van der Waals surface area contributed by atoms with E-state index < -0.39 is 0 Å². The second-order valence-corrected chi connectivity index (χ2v) is 11.8. The number of methoxy groups -OCH3 is 1. The van der Waals surface area contributed by atoms with Crippen molar-refractivity contribution in [2.24, 2.45) is 0 Å². The zero-order valence-electron chi connectivity index (χ0n) is 22.1. The van der Waals surface area contributed by atoms with Gasteiger partial charge in [-0.2, -0.15) is 0 Å². The third-order valence-electron chi connectivity index (χ3n) is 6.53. The van der Waals surface area contributed by atoms with Crippen molar-refractivity contribution in [2.75, 3.05) is 17.7 Å². The molecule has 0 aliphatic rings. The molecule has 4 aromatic carbocycles. The van der Waals surface area contributed by atoms with Crippen LogP contribution >= 0.6 is 50.5 Å². The summed E-state index contributed by atoms with van der Waals surface area (Å²) in [6.45, 7) is 0. The molecule has 0 fully saturated rings. The number of nitrogens with one attached hydrogen (secondary N) is 2. The van der Waals surface area contributed by atoms with Crippen molar-refractivity contribution in [1.82, 2.24) is 14.5 Å². The first-order valence-electron chi connectivity index (χ1n) is 12.8. The maximum atomic E-state index is 14.0. The molecule has 0 atom stereocenters. The number of thiazole rings is 1. The van der Waals surface area contributed by atoms with Gasteiger partial charge in [0.15, 0.2) is 5.13 Å². The molecule has 210 valence electrons. The summed E-state index contributed by atoms with van der Waals surface area (Å²) < 4.78 is 7.62. The molecule has 0 bridgehead atoms. The first-order valence-corrected chi connectivity index (χ1v) is 15.2. The summed E-state index contributed by atoms with van der Waals surface area (Å²) in [5.74, 6) is 1.91. The van der Waals surface area contributed by atoms with Crippen LogP contribution in [0.5, 0.6) is 5.75 Å². The predicted octanol–water partition coefficient (Wildman–Crippen LogP) is 9.00. The van der Waals surface area contributed by atoms with Gasteiger partial charge in [0.2, 0.25) is 0 Å². The van der Waals surface area contributed by atoms with Gasteiger partial charge in [0.1, 0.15) is 17.4 Å². The van der Waals surface area contributed by atoms with E-state index in [1.807, 2.05) is 66.0 Å². The molecule has 2 N–H and O–H groups in total. The fraction of sp³-hybridized carbons (Fsp3) is 0.0645. The minimum Gasteiger partial charge on any atom is -0.497 e. The van der Waals surface area contributed by atoms with Crippen molar-refractivity contribution in [3.63, 3.8) is 0 Å². The molecule has 0 spiro atoms. The number of ether oxygens (including phenoxy) is 1. The normalized spacial score (nSPS) is 11.0. The van der Waals surface area contributed by atoms with Gasteiger partial charge in [0.25, 0.3) is 5.56 Å². The third kappa shape index (κ3) is 5.87. The Labute approximate surface area is 263 Å². The number of anilines is 4. The monoisotopic (exact) mass is 677 g/mol. The molecule has 0 amide bonds. The molecular weight excluding hydrogens is 657 g/mol. The number of aromatic nitrogens is 3. The van der Waals surface area contributed by atoms with Crippen LogP contribution in [0.1, 0.15) is 11.4 Å². The molecule has 6 aromatic rings. The van der Waals surface area contributed by atoms with E-state index in [0.717, 1.165) is 27.2 Å². The minimum atomic E-state index is -0.207. The van der Waals surface area contributed by atoms with Gasteiger partial charge in [-0.25, -0.2) is 14.5 Å². The van der Waals surface area contributed by atoms with E-state index in [4.69, 9.17) is 37.9 Å². The second kappa shape index (κ2) is 12.1. The lowest BCUT2D eigenvalue weighted by atomic mass is 10.1. The predicted molar refractivity (Wildman–Crippen MR) is 176 cm³/mol. The van der Waals surface area contributed by atoms with E-state index >= 15 is 0 Å². The van der Waals surface area contributed by atoms with Gasteiger partial charge in [-0.1, -0.05) is 63.4 Å². The largest absolute Gasteiger partial charge is 0.497 e. The van der Waals surface area contributed by atoms with Crippen LogP contribution in [-0.4, -0.2) is 21.6 Å². The summed E-state index contributed by atoms with van der Waals surface area (Å²) in [6, 6.07) is 26.2. The standard InChI is InChI=1S/C31H22BrCl2N5O2S/c1-41-21-12-10-20(11-13-21)35-27-17-42-31(38-27)39-28(36-26-14-9-19(32)16-22(26)30(39)40)15-18-5-2-3-8-25(18)37-29-23(33)6-4-7-24(29)34/h2-14,16-17,35,37H,15H2,1H3. The Balaban J connectivity index is 1.42. The number of para-hydroxylation sites is 2. The zero-order valence-corrected chi connectivity index (χ0v) is 26.0. The van der Waals surface area contributed by atoms with Crippen LogP contribution in [0.4, 0.5) is 22.9 Å². The van der Waals surface area contributed by atoms with Gasteiger partial charge in [-0.3, -0.25) is 4.79 Å². The summed E-state index contributed by atoms with van der Waals surface area (Å²) in [6.07, 6.45) is 0.341. The fourth-order valence-corrected chi connectivity index (χ4v) is 6.11. The molecule has 2 aromatic heterocycles. The van der Waals surface area contributed by atoms with Crippen LogP contribution in [0, 0.1) is 0 Å².